The van der Waals surface area contributed by atoms with Crippen LogP contribution in [-0.2, 0) is 9.53 Å². The fourth-order valence-electron chi connectivity index (χ4n) is 2.53. The Hall–Kier alpha value is -3.09. The van der Waals surface area contributed by atoms with Crippen molar-refractivity contribution in [2.24, 2.45) is 0 Å². The number of hydrogen-bond donors (Lipinski definition) is 1. The number of nitrogens with zero attached hydrogens (tertiary/aromatic N) is 2. The van der Waals surface area contributed by atoms with Crippen LogP contribution in [-0.4, -0.2) is 46.0 Å². The number of benzene rings is 1. The first-order valence-electron chi connectivity index (χ1n) is 8.30. The van der Waals surface area contributed by atoms with E-state index in [1.54, 1.807) is 42.3 Å². The van der Waals surface area contributed by atoms with E-state index < -0.39 is 5.97 Å². The summed E-state index contributed by atoms with van der Waals surface area (Å²) in [4.78, 5) is 40.2. The molecule has 2 aromatic rings. The molecule has 0 aliphatic carbocycles. The van der Waals surface area contributed by atoms with Crippen molar-refractivity contribution in [1.29, 1.82) is 0 Å². The molecule has 1 aromatic carbocycles. The second kappa shape index (κ2) is 8.33. The van der Waals surface area contributed by atoms with Gasteiger partial charge in [-0.25, -0.2) is 9.59 Å². The Morgan fingerprint density at radius 3 is 2.42 bits per heavy atom. The van der Waals surface area contributed by atoms with E-state index in [2.05, 4.69) is 11.6 Å². The van der Waals surface area contributed by atoms with Crippen LogP contribution in [0, 0.1) is 6.92 Å². The summed E-state index contributed by atoms with van der Waals surface area (Å²) in [5.41, 5.74) is 2.32. The van der Waals surface area contributed by atoms with Crippen LogP contribution in [0.5, 0.6) is 0 Å². The molecular formula is C19H23N3O4. The second-order valence-electron chi connectivity index (χ2n) is 6.06. The molecule has 1 aromatic heterocycles. The number of aromatic nitrogens is 2. The van der Waals surface area contributed by atoms with E-state index in [9.17, 15) is 14.4 Å². The van der Waals surface area contributed by atoms with Gasteiger partial charge in [0.05, 0.1) is 11.3 Å². The lowest BCUT2D eigenvalue weighted by Crippen LogP contribution is -2.35. The quantitative estimate of drug-likeness (QED) is 0.607. The maximum atomic E-state index is 12.1. The van der Waals surface area contributed by atoms with Gasteiger partial charge in [-0.05, 0) is 45.0 Å². The Morgan fingerprint density at radius 1 is 1.27 bits per heavy atom. The molecule has 0 aliphatic rings. The summed E-state index contributed by atoms with van der Waals surface area (Å²) in [6, 6.07) is 6.43. The summed E-state index contributed by atoms with van der Waals surface area (Å²) in [6.45, 7) is 9.90. The van der Waals surface area contributed by atoms with Crippen LogP contribution in [0.15, 0.2) is 47.4 Å². The van der Waals surface area contributed by atoms with Gasteiger partial charge in [-0.3, -0.25) is 9.36 Å². The topological polar surface area (TPSA) is 84.4 Å². The SMILES string of the molecule is C=C(C)CN(CC)C(=O)COC(=O)c1ccc(-n2c(C)c[nH]c2=O)cc1. The predicted molar refractivity (Wildman–Crippen MR) is 98.5 cm³/mol. The molecule has 0 fully saturated rings. The van der Waals surface area contributed by atoms with E-state index in [4.69, 9.17) is 4.74 Å². The van der Waals surface area contributed by atoms with Crippen LogP contribution in [0.3, 0.4) is 0 Å². The molecule has 1 N–H and O–H groups in total. The maximum absolute atomic E-state index is 12.1. The molecular weight excluding hydrogens is 334 g/mol. The highest BCUT2D eigenvalue weighted by Gasteiger charge is 2.15. The molecule has 0 aliphatic heterocycles. The molecule has 138 valence electrons. The van der Waals surface area contributed by atoms with Crippen molar-refractivity contribution in [3.8, 4) is 5.69 Å². The van der Waals surface area contributed by atoms with E-state index in [0.717, 1.165) is 11.3 Å². The highest BCUT2D eigenvalue weighted by Crippen LogP contribution is 2.11. The van der Waals surface area contributed by atoms with Crippen molar-refractivity contribution < 1.29 is 14.3 Å². The Labute approximate surface area is 151 Å². The van der Waals surface area contributed by atoms with Crippen molar-refractivity contribution in [3.05, 3.63) is 64.4 Å². The van der Waals surface area contributed by atoms with E-state index in [1.165, 1.54) is 4.57 Å². The summed E-state index contributed by atoms with van der Waals surface area (Å²) in [5, 5.41) is 0. The molecule has 0 atom stereocenters. The minimum atomic E-state index is -0.589. The second-order valence-corrected chi connectivity index (χ2v) is 6.06. The molecule has 0 saturated carbocycles. The van der Waals surface area contributed by atoms with Crippen molar-refractivity contribution in [1.82, 2.24) is 14.5 Å². The van der Waals surface area contributed by atoms with Crippen LogP contribution in [0.1, 0.15) is 29.9 Å². The standard InChI is InChI=1S/C19H23N3O4/c1-5-21(11-13(2)3)17(23)12-26-18(24)15-6-8-16(9-7-15)22-14(4)10-20-19(22)25/h6-10H,2,5,11-12H2,1,3-4H3,(H,20,25). The van der Waals surface area contributed by atoms with Gasteiger partial charge in [0.1, 0.15) is 0 Å². The third-order valence-electron chi connectivity index (χ3n) is 3.84. The summed E-state index contributed by atoms with van der Waals surface area (Å²) < 4.78 is 6.59. The summed E-state index contributed by atoms with van der Waals surface area (Å²) in [6.07, 6.45) is 1.61. The van der Waals surface area contributed by atoms with Gasteiger partial charge in [-0.1, -0.05) is 12.2 Å². The first-order valence-corrected chi connectivity index (χ1v) is 8.30. The first-order chi connectivity index (χ1) is 12.3. The zero-order valence-electron chi connectivity index (χ0n) is 15.2. The molecule has 0 radical (unpaired) electrons. The normalized spacial score (nSPS) is 10.4. The highest BCUT2D eigenvalue weighted by molar-refractivity contribution is 5.91. The van der Waals surface area contributed by atoms with Crippen molar-refractivity contribution in [3.63, 3.8) is 0 Å². The molecule has 1 heterocycles. The van der Waals surface area contributed by atoms with Crippen LogP contribution in [0.2, 0.25) is 0 Å². The summed E-state index contributed by atoms with van der Waals surface area (Å²) >= 11 is 0. The van der Waals surface area contributed by atoms with E-state index in [0.29, 0.717) is 24.3 Å². The molecule has 26 heavy (non-hydrogen) atoms. The fourth-order valence-corrected chi connectivity index (χ4v) is 2.53. The van der Waals surface area contributed by atoms with E-state index in [-0.39, 0.29) is 18.2 Å². The minimum Gasteiger partial charge on any atom is -0.452 e. The predicted octanol–water partition coefficient (Wildman–Crippen LogP) is 2.06. The number of likely N-dealkylation sites (N-methyl/N-ethyl adjacent to an activating group) is 1. The van der Waals surface area contributed by atoms with Crippen LogP contribution in [0.4, 0.5) is 0 Å². The number of H-pyrrole nitrogens is 1. The number of imidazole rings is 1. The number of carbonyl (C=O) groups excluding carboxylic acids is 2. The van der Waals surface area contributed by atoms with Gasteiger partial charge in [-0.2, -0.15) is 0 Å². The largest absolute Gasteiger partial charge is 0.452 e. The average molecular weight is 357 g/mol. The van der Waals surface area contributed by atoms with Gasteiger partial charge in [0.15, 0.2) is 6.61 Å². The zero-order chi connectivity index (χ0) is 19.3. The Kier molecular flexibility index (Phi) is 6.16. The number of carbonyl (C=O) groups is 2. The summed E-state index contributed by atoms with van der Waals surface area (Å²) in [7, 11) is 0. The number of amides is 1. The van der Waals surface area contributed by atoms with Crippen LogP contribution in [0.25, 0.3) is 5.69 Å². The van der Waals surface area contributed by atoms with Gasteiger partial charge in [0, 0.05) is 25.0 Å². The van der Waals surface area contributed by atoms with Gasteiger partial charge < -0.3 is 14.6 Å². The number of esters is 1. The van der Waals surface area contributed by atoms with Gasteiger partial charge in [0.2, 0.25) is 0 Å². The Morgan fingerprint density at radius 2 is 1.92 bits per heavy atom. The fraction of sp³-hybridized carbons (Fsp3) is 0.316. The van der Waals surface area contributed by atoms with Crippen LogP contribution < -0.4 is 5.69 Å². The van der Waals surface area contributed by atoms with Gasteiger partial charge in [0.25, 0.3) is 5.91 Å². The minimum absolute atomic E-state index is 0.249. The monoisotopic (exact) mass is 357 g/mol. The number of rotatable bonds is 7. The Balaban J connectivity index is 2.01. The molecule has 0 unspecified atom stereocenters. The molecule has 0 bridgehead atoms. The van der Waals surface area contributed by atoms with Gasteiger partial charge >= 0.3 is 11.7 Å². The number of aromatic amines is 1. The Bertz CT molecular complexity index is 862. The lowest BCUT2D eigenvalue weighted by Gasteiger charge is -2.20. The van der Waals surface area contributed by atoms with Gasteiger partial charge in [-0.15, -0.1) is 0 Å². The lowest BCUT2D eigenvalue weighted by atomic mass is 10.2. The smallest absolute Gasteiger partial charge is 0.338 e. The van der Waals surface area contributed by atoms with Crippen molar-refractivity contribution in [2.45, 2.75) is 20.8 Å². The van der Waals surface area contributed by atoms with Crippen molar-refractivity contribution >= 4 is 11.9 Å². The highest BCUT2D eigenvalue weighted by atomic mass is 16.5. The number of hydrogen-bond acceptors (Lipinski definition) is 4. The van der Waals surface area contributed by atoms with E-state index >= 15 is 0 Å². The first kappa shape index (κ1) is 19.2. The molecule has 7 nitrogen and oxygen atoms in total. The summed E-state index contributed by atoms with van der Waals surface area (Å²) in [5.74, 6) is -0.857. The average Bonchev–Trinajstić information content (AvgIpc) is 2.95. The third kappa shape index (κ3) is 4.50. The molecule has 1 amide bonds. The van der Waals surface area contributed by atoms with Crippen LogP contribution >= 0.6 is 0 Å². The lowest BCUT2D eigenvalue weighted by molar-refractivity contribution is -0.133. The molecule has 0 saturated heterocycles. The number of aryl methyl sites for hydroxylation is 1. The number of ether oxygens (including phenoxy) is 1. The van der Waals surface area contributed by atoms with Crippen molar-refractivity contribution in [2.75, 3.05) is 19.7 Å². The maximum Gasteiger partial charge on any atom is 0.338 e. The zero-order valence-corrected chi connectivity index (χ0v) is 15.2. The van der Waals surface area contributed by atoms with E-state index in [1.807, 2.05) is 13.8 Å². The molecule has 0 spiro atoms. The number of nitrogens with one attached hydrogen (secondary N) is 1. The molecule has 7 heteroatoms. The third-order valence-corrected chi connectivity index (χ3v) is 3.84. The molecule has 2 rings (SSSR count).